The van der Waals surface area contributed by atoms with E-state index in [1.807, 2.05) is 12.1 Å². The van der Waals surface area contributed by atoms with Gasteiger partial charge in [0.15, 0.2) is 5.76 Å². The summed E-state index contributed by atoms with van der Waals surface area (Å²) in [6, 6.07) is 7.06. The summed E-state index contributed by atoms with van der Waals surface area (Å²) >= 11 is 0. The molecule has 2 N–H and O–H groups in total. The molecule has 2 rings (SSSR count). The smallest absolute Gasteiger partial charge is 0.337 e. The predicted octanol–water partition coefficient (Wildman–Crippen LogP) is 1.72. The van der Waals surface area contributed by atoms with Crippen molar-refractivity contribution >= 4 is 11.9 Å². The summed E-state index contributed by atoms with van der Waals surface area (Å²) in [6.45, 7) is 0.563. The van der Waals surface area contributed by atoms with Gasteiger partial charge < -0.3 is 24.6 Å². The zero-order valence-electron chi connectivity index (χ0n) is 15.1. The van der Waals surface area contributed by atoms with E-state index < -0.39 is 12.3 Å². The van der Waals surface area contributed by atoms with Crippen molar-refractivity contribution in [3.8, 4) is 0 Å². The number of likely N-dealkylation sites (N-methyl/N-ethyl adjacent to an activating group) is 1. The molecule has 1 amide bonds. The average Bonchev–Trinajstić information content (AvgIpc) is 2.69. The highest BCUT2D eigenvalue weighted by atomic mass is 16.7. The van der Waals surface area contributed by atoms with Gasteiger partial charge in [-0.25, -0.2) is 4.79 Å². The van der Waals surface area contributed by atoms with Crippen molar-refractivity contribution in [1.29, 1.82) is 0 Å². The van der Waals surface area contributed by atoms with Crippen LogP contribution >= 0.6 is 0 Å². The van der Waals surface area contributed by atoms with Gasteiger partial charge in [-0.05, 0) is 36.6 Å². The summed E-state index contributed by atoms with van der Waals surface area (Å²) in [4.78, 5) is 23.6. The second-order valence-corrected chi connectivity index (χ2v) is 5.91. The number of allylic oxidation sites excluding steroid dienone is 1. The summed E-state index contributed by atoms with van der Waals surface area (Å²) in [5.74, 6) is -0.571. The fourth-order valence-corrected chi connectivity index (χ4v) is 2.69. The van der Waals surface area contributed by atoms with Crippen LogP contribution in [0.1, 0.15) is 41.1 Å². The van der Waals surface area contributed by atoms with Crippen LogP contribution < -0.4 is 5.32 Å². The SMILES string of the molecule is CNC(=O)C1=C[C@H](c2ccc(C(=O)OC)cc2)C[C@H](OCCCCO)O1. The van der Waals surface area contributed by atoms with E-state index in [1.54, 1.807) is 25.3 Å². The minimum absolute atomic E-state index is 0.0782. The topological polar surface area (TPSA) is 94.1 Å². The second kappa shape index (κ2) is 9.94. The number of carbonyl (C=O) groups excluding carboxylic acids is 2. The number of aliphatic hydroxyl groups is 1. The van der Waals surface area contributed by atoms with Gasteiger partial charge in [0.05, 0.1) is 19.3 Å². The van der Waals surface area contributed by atoms with Gasteiger partial charge in [0.1, 0.15) is 0 Å². The summed E-state index contributed by atoms with van der Waals surface area (Å²) in [5.41, 5.74) is 1.42. The zero-order valence-corrected chi connectivity index (χ0v) is 15.1. The monoisotopic (exact) mass is 363 g/mol. The number of unbranched alkanes of at least 4 members (excludes halogenated alkanes) is 1. The molecule has 1 heterocycles. The molecule has 7 heteroatoms. The minimum atomic E-state index is -0.545. The Morgan fingerprint density at radius 2 is 2.00 bits per heavy atom. The molecule has 1 aromatic rings. The van der Waals surface area contributed by atoms with E-state index in [0.717, 1.165) is 5.56 Å². The Kier molecular flexibility index (Phi) is 7.62. The largest absolute Gasteiger partial charge is 0.465 e. The number of hydrogen-bond donors (Lipinski definition) is 2. The quantitative estimate of drug-likeness (QED) is 0.540. The van der Waals surface area contributed by atoms with E-state index in [9.17, 15) is 9.59 Å². The molecule has 1 aliphatic rings. The van der Waals surface area contributed by atoms with Gasteiger partial charge >= 0.3 is 5.97 Å². The fourth-order valence-electron chi connectivity index (χ4n) is 2.69. The van der Waals surface area contributed by atoms with Gasteiger partial charge in [0.2, 0.25) is 6.29 Å². The van der Waals surface area contributed by atoms with Gasteiger partial charge in [-0.1, -0.05) is 12.1 Å². The molecule has 26 heavy (non-hydrogen) atoms. The van der Waals surface area contributed by atoms with Crippen molar-refractivity contribution in [2.75, 3.05) is 27.4 Å². The number of carbonyl (C=O) groups is 2. The van der Waals surface area contributed by atoms with Crippen molar-refractivity contribution in [3.05, 3.63) is 47.2 Å². The molecular weight excluding hydrogens is 338 g/mol. The number of aliphatic hydroxyl groups excluding tert-OH is 1. The third-order valence-electron chi connectivity index (χ3n) is 4.12. The van der Waals surface area contributed by atoms with Crippen LogP contribution in [-0.2, 0) is 19.0 Å². The molecule has 0 saturated carbocycles. The van der Waals surface area contributed by atoms with Crippen LogP contribution in [0.15, 0.2) is 36.1 Å². The van der Waals surface area contributed by atoms with Gasteiger partial charge in [-0.2, -0.15) is 0 Å². The lowest BCUT2D eigenvalue weighted by Crippen LogP contribution is -2.31. The Bertz CT molecular complexity index is 640. The first-order chi connectivity index (χ1) is 12.6. The van der Waals surface area contributed by atoms with E-state index in [1.165, 1.54) is 7.11 Å². The summed E-state index contributed by atoms with van der Waals surface area (Å²) in [7, 11) is 2.88. The number of ether oxygens (including phenoxy) is 3. The lowest BCUT2D eigenvalue weighted by Gasteiger charge is -2.29. The highest BCUT2D eigenvalue weighted by Crippen LogP contribution is 2.31. The van der Waals surface area contributed by atoms with Crippen molar-refractivity contribution in [2.24, 2.45) is 0 Å². The third kappa shape index (κ3) is 5.31. The number of hydrogen-bond acceptors (Lipinski definition) is 6. The zero-order chi connectivity index (χ0) is 18.9. The molecule has 0 fully saturated rings. The Morgan fingerprint density at radius 3 is 2.62 bits per heavy atom. The first kappa shape index (κ1) is 19.9. The van der Waals surface area contributed by atoms with Gasteiger partial charge in [-0.15, -0.1) is 0 Å². The number of esters is 1. The molecule has 1 aromatic carbocycles. The summed E-state index contributed by atoms with van der Waals surface area (Å²) < 4.78 is 16.1. The molecule has 0 spiro atoms. The average molecular weight is 363 g/mol. The number of rotatable bonds is 8. The predicted molar refractivity (Wildman–Crippen MR) is 94.4 cm³/mol. The Balaban J connectivity index is 2.13. The Hall–Kier alpha value is -2.38. The van der Waals surface area contributed by atoms with E-state index in [0.29, 0.717) is 31.4 Å². The molecular formula is C19H25NO6. The maximum Gasteiger partial charge on any atom is 0.337 e. The molecule has 0 radical (unpaired) electrons. The normalized spacial score (nSPS) is 19.3. The number of methoxy groups -OCH3 is 1. The standard InChI is InChI=1S/C19H25NO6/c1-20-18(22)16-11-15(12-17(26-16)25-10-4-3-9-21)13-5-7-14(8-6-13)19(23)24-2/h5-8,11,15,17,21H,3-4,9-10,12H2,1-2H3,(H,20,22)/t15-,17+/m0/s1. The van der Waals surface area contributed by atoms with Crippen LogP contribution in [0, 0.1) is 0 Å². The second-order valence-electron chi connectivity index (χ2n) is 5.91. The molecule has 0 aromatic heterocycles. The summed E-state index contributed by atoms with van der Waals surface area (Å²) in [5, 5.41) is 11.4. The Morgan fingerprint density at radius 1 is 1.27 bits per heavy atom. The van der Waals surface area contributed by atoms with E-state index >= 15 is 0 Å². The van der Waals surface area contributed by atoms with Crippen molar-refractivity contribution in [2.45, 2.75) is 31.5 Å². The third-order valence-corrected chi connectivity index (χ3v) is 4.12. The van der Waals surface area contributed by atoms with Crippen molar-refractivity contribution in [1.82, 2.24) is 5.32 Å². The highest BCUT2D eigenvalue weighted by molar-refractivity contribution is 5.91. The molecule has 0 saturated heterocycles. The van der Waals surface area contributed by atoms with Crippen LogP contribution in [0.5, 0.6) is 0 Å². The van der Waals surface area contributed by atoms with Gasteiger partial charge in [0, 0.05) is 26.0 Å². The van der Waals surface area contributed by atoms with Crippen LogP contribution in [0.3, 0.4) is 0 Å². The van der Waals surface area contributed by atoms with Gasteiger partial charge in [-0.3, -0.25) is 4.79 Å². The Labute approximate surface area is 152 Å². The van der Waals surface area contributed by atoms with Crippen LogP contribution in [0.25, 0.3) is 0 Å². The maximum absolute atomic E-state index is 12.0. The molecule has 1 aliphatic heterocycles. The molecule has 0 bridgehead atoms. The van der Waals surface area contributed by atoms with Crippen molar-refractivity contribution in [3.63, 3.8) is 0 Å². The number of nitrogens with one attached hydrogen (secondary N) is 1. The number of amides is 1. The summed E-state index contributed by atoms with van der Waals surface area (Å²) in [6.07, 6.45) is 3.14. The first-order valence-electron chi connectivity index (χ1n) is 8.60. The number of benzene rings is 1. The maximum atomic E-state index is 12.0. The molecule has 142 valence electrons. The van der Waals surface area contributed by atoms with Crippen molar-refractivity contribution < 1.29 is 28.9 Å². The van der Waals surface area contributed by atoms with E-state index in [4.69, 9.17) is 19.3 Å². The van der Waals surface area contributed by atoms with Crippen LogP contribution in [0.4, 0.5) is 0 Å². The molecule has 0 unspecified atom stereocenters. The van der Waals surface area contributed by atoms with Crippen LogP contribution in [0.2, 0.25) is 0 Å². The minimum Gasteiger partial charge on any atom is -0.465 e. The van der Waals surface area contributed by atoms with Crippen LogP contribution in [-0.4, -0.2) is 50.6 Å². The lowest BCUT2D eigenvalue weighted by atomic mass is 9.92. The van der Waals surface area contributed by atoms with E-state index in [-0.39, 0.29) is 24.2 Å². The molecule has 7 nitrogen and oxygen atoms in total. The molecule has 0 aliphatic carbocycles. The molecule has 2 atom stereocenters. The van der Waals surface area contributed by atoms with E-state index in [2.05, 4.69) is 5.32 Å². The fraction of sp³-hybridized carbons (Fsp3) is 0.474. The lowest BCUT2D eigenvalue weighted by molar-refractivity contribution is -0.146. The highest BCUT2D eigenvalue weighted by Gasteiger charge is 2.28. The first-order valence-corrected chi connectivity index (χ1v) is 8.60. The van der Waals surface area contributed by atoms with Gasteiger partial charge in [0.25, 0.3) is 5.91 Å².